The van der Waals surface area contributed by atoms with Crippen LogP contribution < -0.4 is 10.2 Å². The zero-order valence-corrected chi connectivity index (χ0v) is 12.1. The summed E-state index contributed by atoms with van der Waals surface area (Å²) in [5.41, 5.74) is 2.61. The van der Waals surface area contributed by atoms with Gasteiger partial charge >= 0.3 is 0 Å². The molecule has 1 aromatic heterocycles. The fourth-order valence-corrected chi connectivity index (χ4v) is 2.30. The SMILES string of the molecule is Cc1cc(CNC(C)(C)C)cc(N2CCCC2)n1. The van der Waals surface area contributed by atoms with E-state index in [1.807, 2.05) is 0 Å². The normalized spacial score (nSPS) is 16.3. The van der Waals surface area contributed by atoms with Gasteiger partial charge in [0.2, 0.25) is 0 Å². The molecule has 0 saturated carbocycles. The Balaban J connectivity index is 2.10. The van der Waals surface area contributed by atoms with E-state index in [0.717, 1.165) is 31.1 Å². The summed E-state index contributed by atoms with van der Waals surface area (Å²) in [6, 6.07) is 4.41. The van der Waals surface area contributed by atoms with Crippen LogP contribution in [-0.4, -0.2) is 23.6 Å². The molecule has 0 spiro atoms. The molecule has 0 aliphatic carbocycles. The van der Waals surface area contributed by atoms with E-state index < -0.39 is 0 Å². The molecule has 1 N–H and O–H groups in total. The van der Waals surface area contributed by atoms with Gasteiger partial charge in [0.1, 0.15) is 5.82 Å². The van der Waals surface area contributed by atoms with Crippen LogP contribution in [0.1, 0.15) is 44.9 Å². The molecule has 18 heavy (non-hydrogen) atoms. The number of nitrogens with zero attached hydrogens (tertiary/aromatic N) is 2. The minimum absolute atomic E-state index is 0.158. The molecule has 0 amide bonds. The van der Waals surface area contributed by atoms with Crippen molar-refractivity contribution in [2.45, 2.75) is 52.6 Å². The average molecular weight is 247 g/mol. The molecule has 1 aliphatic heterocycles. The summed E-state index contributed by atoms with van der Waals surface area (Å²) < 4.78 is 0. The molecular formula is C15H25N3. The molecule has 2 heterocycles. The maximum absolute atomic E-state index is 4.66. The van der Waals surface area contributed by atoms with Crippen LogP contribution in [0.15, 0.2) is 12.1 Å². The van der Waals surface area contributed by atoms with Crippen LogP contribution in [0.2, 0.25) is 0 Å². The van der Waals surface area contributed by atoms with Crippen molar-refractivity contribution in [2.75, 3.05) is 18.0 Å². The van der Waals surface area contributed by atoms with Crippen LogP contribution in [0.4, 0.5) is 5.82 Å². The average Bonchev–Trinajstić information content (AvgIpc) is 2.78. The lowest BCUT2D eigenvalue weighted by atomic mass is 10.1. The first-order valence-electron chi connectivity index (χ1n) is 6.92. The third-order valence-corrected chi connectivity index (χ3v) is 3.25. The molecule has 0 bridgehead atoms. The van der Waals surface area contributed by atoms with E-state index in [1.165, 1.54) is 18.4 Å². The van der Waals surface area contributed by atoms with Crippen molar-refractivity contribution in [3.05, 3.63) is 23.4 Å². The Morgan fingerprint density at radius 2 is 1.89 bits per heavy atom. The molecule has 0 aromatic carbocycles. The summed E-state index contributed by atoms with van der Waals surface area (Å²) in [6.45, 7) is 11.9. The van der Waals surface area contributed by atoms with E-state index in [2.05, 4.69) is 55.0 Å². The fraction of sp³-hybridized carbons (Fsp3) is 0.667. The lowest BCUT2D eigenvalue weighted by Gasteiger charge is -2.22. The number of nitrogens with one attached hydrogen (secondary N) is 1. The van der Waals surface area contributed by atoms with Crippen molar-refractivity contribution in [1.82, 2.24) is 10.3 Å². The van der Waals surface area contributed by atoms with Crippen LogP contribution in [0, 0.1) is 6.92 Å². The van der Waals surface area contributed by atoms with Crippen molar-refractivity contribution in [3.63, 3.8) is 0 Å². The molecular weight excluding hydrogens is 222 g/mol. The van der Waals surface area contributed by atoms with Gasteiger partial charge in [-0.05, 0) is 58.2 Å². The maximum Gasteiger partial charge on any atom is 0.129 e. The number of pyridine rings is 1. The number of rotatable bonds is 3. The van der Waals surface area contributed by atoms with Gasteiger partial charge < -0.3 is 10.2 Å². The molecule has 0 radical (unpaired) electrons. The van der Waals surface area contributed by atoms with Gasteiger partial charge in [-0.2, -0.15) is 0 Å². The van der Waals surface area contributed by atoms with Crippen LogP contribution in [0.5, 0.6) is 0 Å². The largest absolute Gasteiger partial charge is 0.357 e. The van der Waals surface area contributed by atoms with Gasteiger partial charge in [0.15, 0.2) is 0 Å². The van der Waals surface area contributed by atoms with Gasteiger partial charge in [-0.3, -0.25) is 0 Å². The second-order valence-electron chi connectivity index (χ2n) is 6.27. The molecule has 100 valence electrons. The topological polar surface area (TPSA) is 28.2 Å². The molecule has 3 heteroatoms. The zero-order valence-electron chi connectivity index (χ0n) is 12.1. The monoisotopic (exact) mass is 247 g/mol. The predicted octanol–water partition coefficient (Wildman–Crippen LogP) is 2.88. The van der Waals surface area contributed by atoms with Crippen molar-refractivity contribution in [2.24, 2.45) is 0 Å². The highest BCUT2D eigenvalue weighted by Gasteiger charge is 2.15. The summed E-state index contributed by atoms with van der Waals surface area (Å²) in [6.07, 6.45) is 2.59. The van der Waals surface area contributed by atoms with Crippen LogP contribution >= 0.6 is 0 Å². The highest BCUT2D eigenvalue weighted by molar-refractivity contribution is 5.43. The molecule has 1 fully saturated rings. The molecule has 1 aromatic rings. The van der Waals surface area contributed by atoms with Gasteiger partial charge in [-0.15, -0.1) is 0 Å². The van der Waals surface area contributed by atoms with Crippen LogP contribution in [-0.2, 0) is 6.54 Å². The summed E-state index contributed by atoms with van der Waals surface area (Å²) >= 11 is 0. The van der Waals surface area contributed by atoms with Gasteiger partial charge in [0, 0.05) is 30.9 Å². The number of hydrogen-bond acceptors (Lipinski definition) is 3. The summed E-state index contributed by atoms with van der Waals surface area (Å²) in [7, 11) is 0. The number of anilines is 1. The molecule has 1 aliphatic rings. The van der Waals surface area contributed by atoms with E-state index in [0.29, 0.717) is 0 Å². The maximum atomic E-state index is 4.66. The summed E-state index contributed by atoms with van der Waals surface area (Å²) in [5, 5.41) is 3.54. The van der Waals surface area contributed by atoms with E-state index in [1.54, 1.807) is 0 Å². The zero-order chi connectivity index (χ0) is 13.2. The van der Waals surface area contributed by atoms with Gasteiger partial charge in [0.05, 0.1) is 0 Å². The van der Waals surface area contributed by atoms with E-state index in [-0.39, 0.29) is 5.54 Å². The predicted molar refractivity (Wildman–Crippen MR) is 77.0 cm³/mol. The van der Waals surface area contributed by atoms with Crippen molar-refractivity contribution in [3.8, 4) is 0 Å². The molecule has 0 atom stereocenters. The molecule has 1 saturated heterocycles. The number of hydrogen-bond donors (Lipinski definition) is 1. The standard InChI is InChI=1S/C15H25N3/c1-12-9-13(11-16-15(2,3)4)10-14(17-12)18-7-5-6-8-18/h9-10,16H,5-8,11H2,1-4H3. The first-order chi connectivity index (χ1) is 8.44. The lowest BCUT2D eigenvalue weighted by Crippen LogP contribution is -2.35. The molecule has 3 nitrogen and oxygen atoms in total. The Hall–Kier alpha value is -1.09. The highest BCUT2D eigenvalue weighted by Crippen LogP contribution is 2.20. The Morgan fingerprint density at radius 3 is 2.50 bits per heavy atom. The first-order valence-corrected chi connectivity index (χ1v) is 6.92. The third-order valence-electron chi connectivity index (χ3n) is 3.25. The minimum atomic E-state index is 0.158. The van der Waals surface area contributed by atoms with Crippen molar-refractivity contribution < 1.29 is 0 Å². The van der Waals surface area contributed by atoms with Crippen molar-refractivity contribution >= 4 is 5.82 Å². The smallest absolute Gasteiger partial charge is 0.129 e. The van der Waals surface area contributed by atoms with E-state index in [9.17, 15) is 0 Å². The Labute approximate surface area is 111 Å². The Bertz CT molecular complexity index is 401. The van der Waals surface area contributed by atoms with Crippen molar-refractivity contribution in [1.29, 1.82) is 0 Å². The number of aromatic nitrogens is 1. The van der Waals surface area contributed by atoms with Gasteiger partial charge in [-0.1, -0.05) is 0 Å². The lowest BCUT2D eigenvalue weighted by molar-refractivity contribution is 0.424. The molecule has 0 unspecified atom stereocenters. The fourth-order valence-electron chi connectivity index (χ4n) is 2.30. The second kappa shape index (κ2) is 5.27. The summed E-state index contributed by atoms with van der Waals surface area (Å²) in [4.78, 5) is 7.05. The van der Waals surface area contributed by atoms with Gasteiger partial charge in [-0.25, -0.2) is 4.98 Å². The molecule has 2 rings (SSSR count). The Kier molecular flexibility index (Phi) is 3.91. The van der Waals surface area contributed by atoms with Crippen LogP contribution in [0.25, 0.3) is 0 Å². The first kappa shape index (κ1) is 13.3. The summed E-state index contributed by atoms with van der Waals surface area (Å²) in [5.74, 6) is 1.15. The van der Waals surface area contributed by atoms with Gasteiger partial charge in [0.25, 0.3) is 0 Å². The quantitative estimate of drug-likeness (QED) is 0.890. The van der Waals surface area contributed by atoms with E-state index in [4.69, 9.17) is 0 Å². The Morgan fingerprint density at radius 1 is 1.22 bits per heavy atom. The highest BCUT2D eigenvalue weighted by atomic mass is 15.2. The number of aryl methyl sites for hydroxylation is 1. The second-order valence-corrected chi connectivity index (χ2v) is 6.27. The van der Waals surface area contributed by atoms with Crippen LogP contribution in [0.3, 0.4) is 0 Å². The minimum Gasteiger partial charge on any atom is -0.357 e. The third kappa shape index (κ3) is 3.70. The van der Waals surface area contributed by atoms with E-state index >= 15 is 0 Å².